The van der Waals surface area contributed by atoms with Gasteiger partial charge in [0.2, 0.25) is 0 Å². The van der Waals surface area contributed by atoms with Gasteiger partial charge in [-0.3, -0.25) is 0 Å². The van der Waals surface area contributed by atoms with Gasteiger partial charge in [-0.2, -0.15) is 0 Å². The molecule has 1 rings (SSSR count). The van der Waals surface area contributed by atoms with Gasteiger partial charge < -0.3 is 14.8 Å². The van der Waals surface area contributed by atoms with E-state index in [4.69, 9.17) is 9.47 Å². The second-order valence-electron chi connectivity index (χ2n) is 4.41. The van der Waals surface area contributed by atoms with Crippen molar-refractivity contribution in [3.63, 3.8) is 0 Å². The van der Waals surface area contributed by atoms with Crippen molar-refractivity contribution in [2.24, 2.45) is 0 Å². The number of ether oxygens (including phenoxy) is 2. The maximum Gasteiger partial charge on any atom is 0.122 e. The fraction of sp³-hybridized carbons (Fsp3) is 0.600. The summed E-state index contributed by atoms with van der Waals surface area (Å²) in [6.07, 6.45) is 3.21. The lowest BCUT2D eigenvalue weighted by Crippen LogP contribution is -2.31. The SMILES string of the molecule is CCNC(CCCOC)Cc1ccccc1OC. The molecule has 0 aliphatic rings. The molecule has 1 unspecified atom stereocenters. The topological polar surface area (TPSA) is 30.5 Å². The molecule has 0 fully saturated rings. The van der Waals surface area contributed by atoms with Crippen molar-refractivity contribution in [1.82, 2.24) is 5.32 Å². The van der Waals surface area contributed by atoms with Gasteiger partial charge >= 0.3 is 0 Å². The van der Waals surface area contributed by atoms with Crippen molar-refractivity contribution < 1.29 is 9.47 Å². The van der Waals surface area contributed by atoms with E-state index in [-0.39, 0.29) is 0 Å². The highest BCUT2D eigenvalue weighted by molar-refractivity contribution is 5.33. The standard InChI is InChI=1S/C15H25NO2/c1-4-16-14(9-7-11-17-2)12-13-8-5-6-10-15(13)18-3/h5-6,8,10,14,16H,4,7,9,11-12H2,1-3H3. The maximum absolute atomic E-state index is 5.40. The van der Waals surface area contributed by atoms with Crippen LogP contribution in [0.15, 0.2) is 24.3 Å². The third-order valence-corrected chi connectivity index (χ3v) is 3.05. The molecule has 1 atom stereocenters. The van der Waals surface area contributed by atoms with E-state index in [0.29, 0.717) is 6.04 Å². The third kappa shape index (κ3) is 5.07. The first-order valence-corrected chi connectivity index (χ1v) is 6.66. The molecule has 3 nitrogen and oxygen atoms in total. The summed E-state index contributed by atoms with van der Waals surface area (Å²) in [4.78, 5) is 0. The molecular formula is C15H25NO2. The van der Waals surface area contributed by atoms with Crippen molar-refractivity contribution in [1.29, 1.82) is 0 Å². The minimum atomic E-state index is 0.487. The Morgan fingerprint density at radius 2 is 2.00 bits per heavy atom. The third-order valence-electron chi connectivity index (χ3n) is 3.05. The molecule has 1 N–H and O–H groups in total. The van der Waals surface area contributed by atoms with Gasteiger partial charge in [-0.05, 0) is 37.4 Å². The summed E-state index contributed by atoms with van der Waals surface area (Å²) in [6, 6.07) is 8.72. The Kier molecular flexibility index (Phi) is 7.46. The first-order valence-electron chi connectivity index (χ1n) is 6.66. The molecule has 102 valence electrons. The summed E-state index contributed by atoms with van der Waals surface area (Å²) in [7, 11) is 3.48. The van der Waals surface area contributed by atoms with Crippen molar-refractivity contribution in [2.75, 3.05) is 27.4 Å². The van der Waals surface area contributed by atoms with Gasteiger partial charge in [-0.1, -0.05) is 25.1 Å². The molecule has 0 radical (unpaired) electrons. The summed E-state index contributed by atoms with van der Waals surface area (Å²) in [6.45, 7) is 3.96. The normalized spacial score (nSPS) is 12.4. The number of benzene rings is 1. The average Bonchev–Trinajstić information content (AvgIpc) is 2.40. The second-order valence-corrected chi connectivity index (χ2v) is 4.41. The molecule has 0 saturated heterocycles. The molecule has 1 aromatic carbocycles. The zero-order chi connectivity index (χ0) is 13.2. The summed E-state index contributed by atoms with van der Waals surface area (Å²) >= 11 is 0. The lowest BCUT2D eigenvalue weighted by molar-refractivity contribution is 0.188. The van der Waals surface area contributed by atoms with Gasteiger partial charge in [0.25, 0.3) is 0 Å². The van der Waals surface area contributed by atoms with Crippen LogP contribution in [0.3, 0.4) is 0 Å². The largest absolute Gasteiger partial charge is 0.496 e. The highest BCUT2D eigenvalue weighted by atomic mass is 16.5. The molecule has 0 aromatic heterocycles. The van der Waals surface area contributed by atoms with Crippen LogP contribution in [0.5, 0.6) is 5.75 Å². The van der Waals surface area contributed by atoms with Crippen molar-refractivity contribution >= 4 is 0 Å². The zero-order valence-electron chi connectivity index (χ0n) is 11.7. The van der Waals surface area contributed by atoms with Crippen LogP contribution in [0.1, 0.15) is 25.3 Å². The van der Waals surface area contributed by atoms with Gasteiger partial charge in [0, 0.05) is 19.8 Å². The predicted octanol–water partition coefficient (Wildman–Crippen LogP) is 2.64. The van der Waals surface area contributed by atoms with Gasteiger partial charge in [0.15, 0.2) is 0 Å². The van der Waals surface area contributed by atoms with Crippen LogP contribution in [-0.4, -0.2) is 33.4 Å². The summed E-state index contributed by atoms with van der Waals surface area (Å²) in [5.74, 6) is 0.979. The molecule has 0 heterocycles. The molecular weight excluding hydrogens is 226 g/mol. The number of hydrogen-bond donors (Lipinski definition) is 1. The van der Waals surface area contributed by atoms with Gasteiger partial charge in [0.1, 0.15) is 5.75 Å². The molecule has 1 aromatic rings. The van der Waals surface area contributed by atoms with Crippen LogP contribution >= 0.6 is 0 Å². The van der Waals surface area contributed by atoms with Crippen molar-refractivity contribution in [2.45, 2.75) is 32.2 Å². The molecule has 0 saturated carbocycles. The lowest BCUT2D eigenvalue weighted by Gasteiger charge is -2.19. The van der Waals surface area contributed by atoms with Crippen molar-refractivity contribution in [3.8, 4) is 5.75 Å². The van der Waals surface area contributed by atoms with Gasteiger partial charge in [0.05, 0.1) is 7.11 Å². The fourth-order valence-corrected chi connectivity index (χ4v) is 2.18. The minimum Gasteiger partial charge on any atom is -0.496 e. The van der Waals surface area contributed by atoms with Crippen LogP contribution in [0.25, 0.3) is 0 Å². The van der Waals surface area contributed by atoms with E-state index in [2.05, 4.69) is 24.4 Å². The maximum atomic E-state index is 5.40. The Bertz CT molecular complexity index is 328. The monoisotopic (exact) mass is 251 g/mol. The van der Waals surface area contributed by atoms with Crippen molar-refractivity contribution in [3.05, 3.63) is 29.8 Å². The van der Waals surface area contributed by atoms with E-state index >= 15 is 0 Å². The summed E-state index contributed by atoms with van der Waals surface area (Å²) in [5, 5.41) is 3.53. The second kappa shape index (κ2) is 8.95. The van der Waals surface area contributed by atoms with E-state index in [9.17, 15) is 0 Å². The number of likely N-dealkylation sites (N-methyl/N-ethyl adjacent to an activating group) is 1. The van der Waals surface area contributed by atoms with Crippen LogP contribution in [0, 0.1) is 0 Å². The Morgan fingerprint density at radius 1 is 1.22 bits per heavy atom. The van der Waals surface area contributed by atoms with E-state index in [1.807, 2.05) is 12.1 Å². The van der Waals surface area contributed by atoms with E-state index in [1.54, 1.807) is 14.2 Å². The van der Waals surface area contributed by atoms with Crippen LogP contribution in [0.4, 0.5) is 0 Å². The Balaban J connectivity index is 2.58. The minimum absolute atomic E-state index is 0.487. The zero-order valence-corrected chi connectivity index (χ0v) is 11.7. The molecule has 18 heavy (non-hydrogen) atoms. The number of hydrogen-bond acceptors (Lipinski definition) is 3. The van der Waals surface area contributed by atoms with Crippen LogP contribution in [0.2, 0.25) is 0 Å². The quantitative estimate of drug-likeness (QED) is 0.684. The van der Waals surface area contributed by atoms with E-state index < -0.39 is 0 Å². The highest BCUT2D eigenvalue weighted by Gasteiger charge is 2.11. The van der Waals surface area contributed by atoms with Crippen LogP contribution in [-0.2, 0) is 11.2 Å². The molecule has 0 aliphatic carbocycles. The number of rotatable bonds is 9. The molecule has 0 bridgehead atoms. The Hall–Kier alpha value is -1.06. The van der Waals surface area contributed by atoms with E-state index in [1.165, 1.54) is 5.56 Å². The van der Waals surface area contributed by atoms with Crippen LogP contribution < -0.4 is 10.1 Å². The molecule has 3 heteroatoms. The molecule has 0 amide bonds. The van der Waals surface area contributed by atoms with Gasteiger partial charge in [-0.15, -0.1) is 0 Å². The smallest absolute Gasteiger partial charge is 0.122 e. The Morgan fingerprint density at radius 3 is 2.67 bits per heavy atom. The highest BCUT2D eigenvalue weighted by Crippen LogP contribution is 2.20. The number of nitrogens with one attached hydrogen (secondary N) is 1. The number of para-hydroxylation sites is 1. The summed E-state index contributed by atoms with van der Waals surface area (Å²) in [5.41, 5.74) is 1.27. The number of methoxy groups -OCH3 is 2. The molecule has 0 spiro atoms. The van der Waals surface area contributed by atoms with E-state index in [0.717, 1.165) is 38.2 Å². The predicted molar refractivity (Wildman–Crippen MR) is 75.3 cm³/mol. The first-order chi connectivity index (χ1) is 8.81. The summed E-state index contributed by atoms with van der Waals surface area (Å²) < 4.78 is 10.5. The van der Waals surface area contributed by atoms with Gasteiger partial charge in [-0.25, -0.2) is 0 Å². The first kappa shape index (κ1) is 15.0. The lowest BCUT2D eigenvalue weighted by atomic mass is 10.0. The Labute approximate surface area is 110 Å². The fourth-order valence-electron chi connectivity index (χ4n) is 2.18. The average molecular weight is 251 g/mol. The molecule has 0 aliphatic heterocycles.